The van der Waals surface area contributed by atoms with Crippen LogP contribution in [0.15, 0.2) is 72.8 Å². The molecule has 0 bridgehead atoms. The van der Waals surface area contributed by atoms with Crippen LogP contribution >= 0.6 is 11.6 Å². The molecule has 3 aromatic carbocycles. The van der Waals surface area contributed by atoms with E-state index in [1.807, 2.05) is 44.2 Å². The third kappa shape index (κ3) is 9.19. The first kappa shape index (κ1) is 32.9. The van der Waals surface area contributed by atoms with Crippen LogP contribution in [0.3, 0.4) is 0 Å². The summed E-state index contributed by atoms with van der Waals surface area (Å²) in [6, 6.07) is 18.9. The lowest BCUT2D eigenvalue weighted by Gasteiger charge is -2.32. The number of nitrogens with zero attached hydrogens (tertiary/aromatic N) is 2. The Morgan fingerprint density at radius 2 is 1.69 bits per heavy atom. The molecule has 42 heavy (non-hydrogen) atoms. The number of amides is 2. The molecule has 0 heterocycles. The minimum Gasteiger partial charge on any atom is -0.495 e. The SMILES string of the molecule is COc1ccc(N(CCCC(=O)N(Cc2ccccc2F)[C@@H](Cc2ccccc2)C(=O)NC(C)C)S(C)(=O)=O)cc1Cl. The molecule has 8 nitrogen and oxygen atoms in total. The van der Waals surface area contributed by atoms with Crippen molar-refractivity contribution in [3.05, 3.63) is 94.8 Å². The van der Waals surface area contributed by atoms with E-state index in [2.05, 4.69) is 5.32 Å². The highest BCUT2D eigenvalue weighted by Crippen LogP contribution is 2.30. The maximum absolute atomic E-state index is 14.7. The van der Waals surface area contributed by atoms with Gasteiger partial charge in [0.1, 0.15) is 17.6 Å². The van der Waals surface area contributed by atoms with Crippen molar-refractivity contribution >= 4 is 39.1 Å². The van der Waals surface area contributed by atoms with Gasteiger partial charge in [-0.05, 0) is 50.1 Å². The zero-order valence-electron chi connectivity index (χ0n) is 24.2. The summed E-state index contributed by atoms with van der Waals surface area (Å²) in [5.74, 6) is -0.849. The Hall–Kier alpha value is -3.63. The zero-order valence-corrected chi connectivity index (χ0v) is 25.8. The topological polar surface area (TPSA) is 96.0 Å². The minimum absolute atomic E-state index is 0.0116. The van der Waals surface area contributed by atoms with Crippen molar-refractivity contribution in [1.29, 1.82) is 0 Å². The lowest BCUT2D eigenvalue weighted by molar-refractivity contribution is -0.141. The predicted molar refractivity (Wildman–Crippen MR) is 164 cm³/mol. The summed E-state index contributed by atoms with van der Waals surface area (Å²) < 4.78 is 46.4. The number of rotatable bonds is 14. The summed E-state index contributed by atoms with van der Waals surface area (Å²) in [6.07, 6.45) is 1.36. The number of sulfonamides is 1. The van der Waals surface area contributed by atoms with Crippen LogP contribution < -0.4 is 14.4 Å². The number of nitrogens with one attached hydrogen (secondary N) is 1. The minimum atomic E-state index is -3.72. The molecule has 226 valence electrons. The Bertz CT molecular complexity index is 1470. The van der Waals surface area contributed by atoms with E-state index < -0.39 is 27.8 Å². The van der Waals surface area contributed by atoms with Crippen molar-refractivity contribution in [2.24, 2.45) is 0 Å². The number of benzene rings is 3. The van der Waals surface area contributed by atoms with Crippen LogP contribution in [0.4, 0.5) is 10.1 Å². The van der Waals surface area contributed by atoms with Crippen molar-refractivity contribution in [3.63, 3.8) is 0 Å². The highest BCUT2D eigenvalue weighted by molar-refractivity contribution is 7.92. The number of carbonyl (C=O) groups is 2. The smallest absolute Gasteiger partial charge is 0.243 e. The van der Waals surface area contributed by atoms with Crippen molar-refractivity contribution in [1.82, 2.24) is 10.2 Å². The zero-order chi connectivity index (χ0) is 30.9. The summed E-state index contributed by atoms with van der Waals surface area (Å²) >= 11 is 6.23. The van der Waals surface area contributed by atoms with Gasteiger partial charge in [0, 0.05) is 37.5 Å². The molecule has 3 aromatic rings. The number of carbonyl (C=O) groups excluding carboxylic acids is 2. The lowest BCUT2D eigenvalue weighted by Crippen LogP contribution is -2.52. The molecule has 0 saturated carbocycles. The number of ether oxygens (including phenoxy) is 1. The molecule has 0 unspecified atom stereocenters. The van der Waals surface area contributed by atoms with Gasteiger partial charge >= 0.3 is 0 Å². The van der Waals surface area contributed by atoms with Gasteiger partial charge in [-0.1, -0.05) is 60.1 Å². The van der Waals surface area contributed by atoms with Gasteiger partial charge in [0.15, 0.2) is 0 Å². The van der Waals surface area contributed by atoms with Gasteiger partial charge in [-0.25, -0.2) is 12.8 Å². The normalized spacial score (nSPS) is 12.1. The van der Waals surface area contributed by atoms with E-state index in [1.165, 1.54) is 28.4 Å². The van der Waals surface area contributed by atoms with Crippen LogP contribution in [-0.4, -0.2) is 57.1 Å². The molecule has 0 aliphatic heterocycles. The second kappa shape index (κ2) is 15.0. The standard InChI is InChI=1S/C31H37ClFN3O5S/c1-22(2)34-31(38)28(19-23-11-6-5-7-12-23)35(21-24-13-8-9-14-27(24)33)30(37)15-10-18-36(42(4,39)40)25-16-17-29(41-3)26(32)20-25/h5-9,11-14,16-17,20,22,28H,10,15,18-19,21H2,1-4H3,(H,34,38)/t28-/m0/s1. The molecule has 11 heteroatoms. The first-order valence-corrected chi connectivity index (χ1v) is 15.8. The first-order valence-electron chi connectivity index (χ1n) is 13.6. The van der Waals surface area contributed by atoms with E-state index in [-0.39, 0.29) is 54.9 Å². The Kier molecular flexibility index (Phi) is 11.8. The van der Waals surface area contributed by atoms with Crippen molar-refractivity contribution in [3.8, 4) is 5.75 Å². The lowest BCUT2D eigenvalue weighted by atomic mass is 10.0. The number of methoxy groups -OCH3 is 1. The summed E-state index contributed by atoms with van der Waals surface area (Å²) in [5.41, 5.74) is 1.44. The summed E-state index contributed by atoms with van der Waals surface area (Å²) in [7, 11) is -2.26. The van der Waals surface area contributed by atoms with E-state index in [0.29, 0.717) is 11.4 Å². The Balaban J connectivity index is 1.89. The van der Waals surface area contributed by atoms with Crippen molar-refractivity contribution in [2.75, 3.05) is 24.2 Å². The molecule has 0 radical (unpaired) electrons. The molecule has 1 atom stereocenters. The first-order chi connectivity index (χ1) is 19.9. The maximum Gasteiger partial charge on any atom is 0.243 e. The second-order valence-electron chi connectivity index (χ2n) is 10.2. The third-order valence-corrected chi connectivity index (χ3v) is 8.07. The van der Waals surface area contributed by atoms with Crippen molar-refractivity contribution < 1.29 is 27.1 Å². The molecule has 0 aromatic heterocycles. The van der Waals surface area contributed by atoms with E-state index in [9.17, 15) is 22.4 Å². The van der Waals surface area contributed by atoms with E-state index in [0.717, 1.165) is 11.8 Å². The van der Waals surface area contributed by atoms with Gasteiger partial charge < -0.3 is 15.0 Å². The number of halogens is 2. The van der Waals surface area contributed by atoms with Crippen LogP contribution in [0.2, 0.25) is 5.02 Å². The average molecular weight is 618 g/mol. The van der Waals surface area contributed by atoms with Gasteiger partial charge in [-0.2, -0.15) is 0 Å². The molecule has 0 spiro atoms. The predicted octanol–water partition coefficient (Wildman–Crippen LogP) is 5.20. The fraction of sp³-hybridized carbons (Fsp3) is 0.355. The molecule has 1 N–H and O–H groups in total. The van der Waals surface area contributed by atoms with Gasteiger partial charge in [-0.15, -0.1) is 0 Å². The summed E-state index contributed by atoms with van der Waals surface area (Å²) in [5, 5.41) is 3.14. The highest BCUT2D eigenvalue weighted by Gasteiger charge is 2.31. The summed E-state index contributed by atoms with van der Waals surface area (Å²) in [4.78, 5) is 28.6. The van der Waals surface area contributed by atoms with Gasteiger partial charge in [0.2, 0.25) is 21.8 Å². The van der Waals surface area contributed by atoms with E-state index >= 15 is 0 Å². The second-order valence-corrected chi connectivity index (χ2v) is 12.6. The van der Waals surface area contributed by atoms with Gasteiger partial charge in [-0.3, -0.25) is 13.9 Å². The van der Waals surface area contributed by atoms with Crippen LogP contribution in [0, 0.1) is 5.82 Å². The molecule has 2 amide bonds. The maximum atomic E-state index is 14.7. The molecule has 0 aliphatic carbocycles. The van der Waals surface area contributed by atoms with Gasteiger partial charge in [0.25, 0.3) is 0 Å². The molecular weight excluding hydrogens is 581 g/mol. The number of hydrogen-bond acceptors (Lipinski definition) is 5. The molecular formula is C31H37ClFN3O5S. The monoisotopic (exact) mass is 617 g/mol. The molecule has 3 rings (SSSR count). The Labute approximate surface area is 252 Å². The van der Waals surface area contributed by atoms with Gasteiger partial charge in [0.05, 0.1) is 24.1 Å². The summed E-state index contributed by atoms with van der Waals surface area (Å²) in [6.45, 7) is 3.51. The Morgan fingerprint density at radius 3 is 2.29 bits per heavy atom. The largest absolute Gasteiger partial charge is 0.495 e. The molecule has 0 fully saturated rings. The van der Waals surface area contributed by atoms with Crippen LogP contribution in [0.5, 0.6) is 5.75 Å². The van der Waals surface area contributed by atoms with Crippen LogP contribution in [0.1, 0.15) is 37.8 Å². The van der Waals surface area contributed by atoms with Crippen LogP contribution in [-0.2, 0) is 32.6 Å². The highest BCUT2D eigenvalue weighted by atomic mass is 35.5. The Morgan fingerprint density at radius 1 is 1.02 bits per heavy atom. The fourth-order valence-corrected chi connectivity index (χ4v) is 5.77. The van der Waals surface area contributed by atoms with Crippen LogP contribution in [0.25, 0.3) is 0 Å². The van der Waals surface area contributed by atoms with E-state index in [4.69, 9.17) is 16.3 Å². The molecule has 0 saturated heterocycles. The number of hydrogen-bond donors (Lipinski definition) is 1. The van der Waals surface area contributed by atoms with E-state index in [1.54, 1.807) is 30.3 Å². The average Bonchev–Trinajstić information content (AvgIpc) is 2.93. The third-order valence-electron chi connectivity index (χ3n) is 6.58. The van der Waals surface area contributed by atoms with Crippen molar-refractivity contribution in [2.45, 2.75) is 51.7 Å². The fourth-order valence-electron chi connectivity index (χ4n) is 4.56. The number of anilines is 1. The quantitative estimate of drug-likeness (QED) is 0.268. The molecule has 0 aliphatic rings.